The zero-order chi connectivity index (χ0) is 38.1. The second-order valence-corrected chi connectivity index (χ2v) is 16.6. The highest BCUT2D eigenvalue weighted by Gasteiger charge is 2.50. The molecule has 1 aromatic carbocycles. The minimum atomic E-state index is -1.31. The van der Waals surface area contributed by atoms with Crippen molar-refractivity contribution < 1.29 is 54.7 Å². The van der Waals surface area contributed by atoms with Gasteiger partial charge in [-0.2, -0.15) is 5.26 Å². The van der Waals surface area contributed by atoms with Gasteiger partial charge in [-0.05, 0) is 98.5 Å². The van der Waals surface area contributed by atoms with Gasteiger partial charge in [-0.25, -0.2) is 9.59 Å². The summed E-state index contributed by atoms with van der Waals surface area (Å²) >= 11 is 0. The van der Waals surface area contributed by atoms with Crippen LogP contribution < -0.4 is 0 Å². The van der Waals surface area contributed by atoms with E-state index in [0.717, 1.165) is 44.9 Å². The second kappa shape index (κ2) is 19.8. The summed E-state index contributed by atoms with van der Waals surface area (Å²) in [7, 11) is 0. The minimum Gasteiger partial charge on any atom is -0.456 e. The number of hydrogen-bond acceptors (Lipinski definition) is 11. The third-order valence-electron chi connectivity index (χ3n) is 12.2. The van der Waals surface area contributed by atoms with Crippen LogP contribution in [0.4, 0.5) is 0 Å². The number of aliphatic hydroxyl groups excluding tert-OH is 5. The molecule has 13 unspecified atom stereocenters. The third-order valence-corrected chi connectivity index (χ3v) is 12.2. The lowest BCUT2D eigenvalue weighted by Crippen LogP contribution is -2.57. The summed E-state index contributed by atoms with van der Waals surface area (Å²) in [5.41, 5.74) is 0.494. The van der Waals surface area contributed by atoms with Crippen LogP contribution in [0.25, 0.3) is 0 Å². The molecule has 0 amide bonds. The van der Waals surface area contributed by atoms with E-state index < -0.39 is 67.2 Å². The number of aliphatic hydroxyl groups is 5. The van der Waals surface area contributed by atoms with Crippen LogP contribution in [0.15, 0.2) is 42.0 Å². The van der Waals surface area contributed by atoms with Gasteiger partial charge in [0.05, 0.1) is 36.6 Å². The molecule has 294 valence electrons. The Morgan fingerprint density at radius 3 is 2.21 bits per heavy atom. The normalized spacial score (nSPS) is 32.8. The standard InChI is InChI=1S/C41H64O11/c1-23(2)35(43)38(46)36(44)26(5)18-31-25(4)16-24(3)17-29(31)21-33-39(51-40(47)28-14-10-7-11-15-28)32(37(45)34(22-42)50-33)20-30(41(48)52-49)19-27-12-8-6-9-13-27/h7,10-11,14-15,19,23-27,29,31-39,42-46,49H,6,8-9,12-13,16-18,20-22H2,1-5H3/b30-19+. The highest BCUT2D eigenvalue weighted by Crippen LogP contribution is 2.46. The first-order valence-electron chi connectivity index (χ1n) is 19.6. The molecule has 1 aliphatic heterocycles. The summed E-state index contributed by atoms with van der Waals surface area (Å²) in [4.78, 5) is 30.9. The monoisotopic (exact) mass is 732 g/mol. The molecule has 52 heavy (non-hydrogen) atoms. The van der Waals surface area contributed by atoms with Crippen molar-refractivity contribution in [3.63, 3.8) is 0 Å². The smallest absolute Gasteiger partial charge is 0.368 e. The lowest BCUT2D eigenvalue weighted by atomic mass is 9.63. The Bertz CT molecular complexity index is 1280. The van der Waals surface area contributed by atoms with E-state index in [4.69, 9.17) is 9.47 Å². The fourth-order valence-electron chi connectivity index (χ4n) is 9.31. The second-order valence-electron chi connectivity index (χ2n) is 16.6. The Balaban J connectivity index is 1.68. The summed E-state index contributed by atoms with van der Waals surface area (Å²) in [6.07, 6.45) is 1.84. The Kier molecular flexibility index (Phi) is 16.1. The first-order valence-corrected chi connectivity index (χ1v) is 19.6. The van der Waals surface area contributed by atoms with Crippen LogP contribution in [0.1, 0.15) is 109 Å². The van der Waals surface area contributed by atoms with Crippen molar-refractivity contribution in [3.05, 3.63) is 47.5 Å². The van der Waals surface area contributed by atoms with Gasteiger partial charge in [-0.3, -0.25) is 4.89 Å². The van der Waals surface area contributed by atoms with Gasteiger partial charge >= 0.3 is 11.9 Å². The van der Waals surface area contributed by atoms with Crippen molar-refractivity contribution in [1.29, 1.82) is 0 Å². The topological polar surface area (TPSA) is 183 Å². The lowest BCUT2D eigenvalue weighted by molar-refractivity contribution is -0.231. The van der Waals surface area contributed by atoms with Crippen LogP contribution in [0.3, 0.4) is 0 Å². The van der Waals surface area contributed by atoms with Crippen molar-refractivity contribution in [2.75, 3.05) is 6.61 Å². The van der Waals surface area contributed by atoms with Crippen LogP contribution in [0, 0.1) is 47.3 Å². The number of ether oxygens (including phenoxy) is 2. The van der Waals surface area contributed by atoms with E-state index in [0.29, 0.717) is 24.3 Å². The average molecular weight is 733 g/mol. The summed E-state index contributed by atoms with van der Waals surface area (Å²) in [5.74, 6) is -2.14. The summed E-state index contributed by atoms with van der Waals surface area (Å²) in [6, 6.07) is 8.52. The van der Waals surface area contributed by atoms with Gasteiger partial charge in [0, 0.05) is 11.5 Å². The summed E-state index contributed by atoms with van der Waals surface area (Å²) < 4.78 is 12.7. The van der Waals surface area contributed by atoms with Crippen molar-refractivity contribution in [1.82, 2.24) is 0 Å². The third kappa shape index (κ3) is 10.9. The molecule has 0 aromatic heterocycles. The van der Waals surface area contributed by atoms with Crippen LogP contribution in [-0.4, -0.2) is 92.1 Å². The van der Waals surface area contributed by atoms with Gasteiger partial charge in [0.15, 0.2) is 0 Å². The van der Waals surface area contributed by atoms with E-state index in [1.54, 1.807) is 44.2 Å². The van der Waals surface area contributed by atoms with Crippen molar-refractivity contribution in [2.45, 2.75) is 142 Å². The molecular weight excluding hydrogens is 668 g/mol. The van der Waals surface area contributed by atoms with E-state index in [1.165, 1.54) is 0 Å². The Hall–Kier alpha value is -2.38. The molecule has 1 heterocycles. The summed E-state index contributed by atoms with van der Waals surface area (Å²) in [6.45, 7) is 9.36. The lowest BCUT2D eigenvalue weighted by Gasteiger charge is -2.48. The Morgan fingerprint density at radius 2 is 1.60 bits per heavy atom. The molecular formula is C41H64O11. The van der Waals surface area contributed by atoms with E-state index >= 15 is 0 Å². The average Bonchev–Trinajstić information content (AvgIpc) is 3.14. The van der Waals surface area contributed by atoms with Crippen LogP contribution >= 0.6 is 0 Å². The van der Waals surface area contributed by atoms with Crippen molar-refractivity contribution in [3.8, 4) is 0 Å². The number of benzene rings is 1. The zero-order valence-electron chi connectivity index (χ0n) is 31.6. The fourth-order valence-corrected chi connectivity index (χ4v) is 9.31. The number of carbonyl (C=O) groups is 2. The molecule has 3 aliphatic rings. The van der Waals surface area contributed by atoms with Gasteiger partial charge in [-0.15, -0.1) is 0 Å². The van der Waals surface area contributed by atoms with E-state index in [1.807, 2.05) is 13.0 Å². The first kappa shape index (κ1) is 42.4. The molecule has 13 atom stereocenters. The Morgan fingerprint density at radius 1 is 0.923 bits per heavy atom. The number of allylic oxidation sites excluding steroid dienone is 1. The Labute approximate surface area is 309 Å². The molecule has 11 heteroatoms. The van der Waals surface area contributed by atoms with Crippen LogP contribution in [0.2, 0.25) is 0 Å². The van der Waals surface area contributed by atoms with Crippen molar-refractivity contribution in [2.24, 2.45) is 47.3 Å². The molecule has 6 N–H and O–H groups in total. The number of rotatable bonds is 15. The molecule has 2 aliphatic carbocycles. The minimum absolute atomic E-state index is 0.0263. The fraction of sp³-hybridized carbons (Fsp3) is 0.756. The molecule has 4 rings (SSSR count). The van der Waals surface area contributed by atoms with Gasteiger partial charge < -0.3 is 35.0 Å². The molecule has 1 saturated heterocycles. The van der Waals surface area contributed by atoms with Crippen molar-refractivity contribution >= 4 is 11.9 Å². The van der Waals surface area contributed by atoms with Crippen LogP contribution in [0.5, 0.6) is 0 Å². The number of carbonyl (C=O) groups excluding carboxylic acids is 2. The quantitative estimate of drug-likeness (QED) is 0.0595. The molecule has 11 nitrogen and oxygen atoms in total. The van der Waals surface area contributed by atoms with Gasteiger partial charge in [0.1, 0.15) is 18.3 Å². The van der Waals surface area contributed by atoms with E-state index in [9.17, 15) is 40.4 Å². The first-order chi connectivity index (χ1) is 24.7. The SMILES string of the molecule is CC1CC(C)C(CC(C)C(O)C(O)C(O)C(C)C)C(CC2OC(CO)C(O)C(C/C(=C\C3CCCCC3)C(=O)OO)C2OC(=O)c2ccccc2)C1. The number of esters is 1. The van der Waals surface area contributed by atoms with Gasteiger partial charge in [0.25, 0.3) is 0 Å². The molecule has 0 bridgehead atoms. The maximum Gasteiger partial charge on any atom is 0.368 e. The van der Waals surface area contributed by atoms with E-state index in [2.05, 4.69) is 18.7 Å². The van der Waals surface area contributed by atoms with E-state index in [-0.39, 0.29) is 47.5 Å². The zero-order valence-corrected chi connectivity index (χ0v) is 31.6. The largest absolute Gasteiger partial charge is 0.456 e. The molecule has 3 fully saturated rings. The predicted octanol–water partition coefficient (Wildman–Crippen LogP) is 5.32. The maximum atomic E-state index is 13.7. The molecule has 1 aromatic rings. The highest BCUT2D eigenvalue weighted by molar-refractivity contribution is 5.89. The van der Waals surface area contributed by atoms with Gasteiger partial charge in [0.2, 0.25) is 0 Å². The van der Waals surface area contributed by atoms with Gasteiger partial charge in [-0.1, -0.05) is 78.2 Å². The highest BCUT2D eigenvalue weighted by atomic mass is 17.1. The van der Waals surface area contributed by atoms with Crippen LogP contribution in [-0.2, 0) is 19.2 Å². The predicted molar refractivity (Wildman–Crippen MR) is 195 cm³/mol. The molecule has 2 saturated carbocycles. The maximum absolute atomic E-state index is 13.7. The molecule has 0 radical (unpaired) electrons. The number of hydrogen-bond donors (Lipinski definition) is 6. The summed E-state index contributed by atoms with van der Waals surface area (Å²) in [5, 5.41) is 64.0. The molecule has 0 spiro atoms.